The van der Waals surface area contributed by atoms with Crippen molar-refractivity contribution in [2.45, 2.75) is 45.8 Å². The van der Waals surface area contributed by atoms with Crippen LogP contribution < -0.4 is 5.32 Å². The summed E-state index contributed by atoms with van der Waals surface area (Å²) in [6, 6.07) is 4.88. The van der Waals surface area contributed by atoms with Crippen LogP contribution in [0, 0.1) is 5.92 Å². The first kappa shape index (κ1) is 14.7. The first-order chi connectivity index (χ1) is 8.12. The van der Waals surface area contributed by atoms with E-state index >= 15 is 0 Å². The lowest BCUT2D eigenvalue weighted by Crippen LogP contribution is -2.43. The van der Waals surface area contributed by atoms with Gasteiger partial charge in [0.2, 0.25) is 0 Å². The second-order valence-corrected chi connectivity index (χ2v) is 6.02. The van der Waals surface area contributed by atoms with Crippen LogP contribution in [0.25, 0.3) is 0 Å². The van der Waals surface area contributed by atoms with Crippen molar-refractivity contribution in [2.75, 3.05) is 14.2 Å². The molecular weight excluding hydrogens is 230 g/mol. The zero-order valence-corrected chi connectivity index (χ0v) is 12.4. The fourth-order valence-corrected chi connectivity index (χ4v) is 3.24. The molecule has 1 aromatic heterocycles. The van der Waals surface area contributed by atoms with Gasteiger partial charge in [-0.1, -0.05) is 20.8 Å². The molecule has 3 heteroatoms. The number of aryl methyl sites for hydroxylation is 1. The Balaban J connectivity index is 2.68. The standard InChI is InChI=1S/C14H25NOS/c1-6-11-7-8-12(17-11)9-13(15-4)14(16-5)10(2)3/h7-8,10,13-15H,6,9H2,1-5H3. The number of thiophene rings is 1. The third-order valence-electron chi connectivity index (χ3n) is 3.18. The summed E-state index contributed by atoms with van der Waals surface area (Å²) in [7, 11) is 3.83. The second kappa shape index (κ2) is 7.14. The van der Waals surface area contributed by atoms with E-state index in [1.165, 1.54) is 9.75 Å². The van der Waals surface area contributed by atoms with Crippen molar-refractivity contribution in [1.29, 1.82) is 0 Å². The molecule has 0 aromatic carbocycles. The molecule has 0 spiro atoms. The molecule has 1 rings (SSSR count). The monoisotopic (exact) mass is 255 g/mol. The molecule has 0 aliphatic rings. The van der Waals surface area contributed by atoms with Gasteiger partial charge in [0, 0.05) is 22.9 Å². The molecule has 0 saturated carbocycles. The Morgan fingerprint density at radius 3 is 2.35 bits per heavy atom. The molecule has 0 aliphatic heterocycles. The van der Waals surface area contributed by atoms with Crippen LogP contribution >= 0.6 is 11.3 Å². The highest BCUT2D eigenvalue weighted by atomic mass is 32.1. The molecule has 2 unspecified atom stereocenters. The maximum atomic E-state index is 5.61. The van der Waals surface area contributed by atoms with E-state index in [0.29, 0.717) is 12.0 Å². The molecule has 0 amide bonds. The Morgan fingerprint density at radius 1 is 1.29 bits per heavy atom. The van der Waals surface area contributed by atoms with Gasteiger partial charge in [0.1, 0.15) is 0 Å². The van der Waals surface area contributed by atoms with Crippen molar-refractivity contribution < 1.29 is 4.74 Å². The van der Waals surface area contributed by atoms with Gasteiger partial charge in [-0.3, -0.25) is 0 Å². The zero-order chi connectivity index (χ0) is 12.8. The van der Waals surface area contributed by atoms with Crippen molar-refractivity contribution >= 4 is 11.3 Å². The summed E-state index contributed by atoms with van der Waals surface area (Å²) in [5.74, 6) is 0.531. The van der Waals surface area contributed by atoms with Crippen LogP contribution in [0.5, 0.6) is 0 Å². The number of likely N-dealkylation sites (N-methyl/N-ethyl adjacent to an activating group) is 1. The van der Waals surface area contributed by atoms with E-state index in [9.17, 15) is 0 Å². The molecule has 0 aliphatic carbocycles. The summed E-state index contributed by atoms with van der Waals surface area (Å²) in [5, 5.41) is 3.39. The molecule has 2 atom stereocenters. The molecular formula is C14H25NOS. The van der Waals surface area contributed by atoms with Crippen LogP contribution in [0.3, 0.4) is 0 Å². The molecule has 1 N–H and O–H groups in total. The minimum atomic E-state index is 0.271. The Hall–Kier alpha value is -0.380. The Labute approximate surface area is 109 Å². The average Bonchev–Trinajstić information content (AvgIpc) is 2.76. The molecule has 98 valence electrons. The van der Waals surface area contributed by atoms with Crippen molar-refractivity contribution in [1.82, 2.24) is 5.32 Å². The van der Waals surface area contributed by atoms with Crippen LogP contribution in [0.1, 0.15) is 30.5 Å². The highest BCUT2D eigenvalue weighted by Crippen LogP contribution is 2.21. The third kappa shape index (κ3) is 4.09. The number of hydrogen-bond donors (Lipinski definition) is 1. The molecule has 0 saturated heterocycles. The fraction of sp³-hybridized carbons (Fsp3) is 0.714. The highest BCUT2D eigenvalue weighted by molar-refractivity contribution is 7.11. The van der Waals surface area contributed by atoms with Crippen molar-refractivity contribution in [3.8, 4) is 0 Å². The van der Waals surface area contributed by atoms with Crippen LogP contribution in [0.2, 0.25) is 0 Å². The van der Waals surface area contributed by atoms with Gasteiger partial charge in [0.05, 0.1) is 6.10 Å². The minimum absolute atomic E-state index is 0.271. The van der Waals surface area contributed by atoms with Gasteiger partial charge in [0.25, 0.3) is 0 Å². The van der Waals surface area contributed by atoms with E-state index in [1.807, 2.05) is 18.4 Å². The maximum absolute atomic E-state index is 5.61. The predicted octanol–water partition coefficient (Wildman–Crippen LogP) is 3.11. The molecule has 1 aromatic rings. The van der Waals surface area contributed by atoms with Crippen LogP contribution in [-0.4, -0.2) is 26.3 Å². The molecule has 0 fully saturated rings. The summed E-state index contributed by atoms with van der Waals surface area (Å²) in [6.45, 7) is 6.63. The first-order valence-corrected chi connectivity index (χ1v) is 7.21. The predicted molar refractivity (Wildman–Crippen MR) is 75.9 cm³/mol. The van der Waals surface area contributed by atoms with Crippen LogP contribution in [0.15, 0.2) is 12.1 Å². The summed E-state index contributed by atoms with van der Waals surface area (Å²) < 4.78 is 5.61. The molecule has 0 radical (unpaired) electrons. The van der Waals surface area contributed by atoms with Gasteiger partial charge in [-0.2, -0.15) is 0 Å². The van der Waals surface area contributed by atoms with Crippen LogP contribution in [-0.2, 0) is 17.6 Å². The lowest BCUT2D eigenvalue weighted by atomic mass is 9.96. The Bertz CT molecular complexity index is 322. The van der Waals surface area contributed by atoms with E-state index < -0.39 is 0 Å². The highest BCUT2D eigenvalue weighted by Gasteiger charge is 2.23. The SMILES string of the molecule is CCc1ccc(CC(NC)C(OC)C(C)C)s1. The molecule has 0 bridgehead atoms. The molecule has 2 nitrogen and oxygen atoms in total. The maximum Gasteiger partial charge on any atom is 0.0750 e. The smallest absolute Gasteiger partial charge is 0.0750 e. The van der Waals surface area contributed by atoms with Crippen molar-refractivity contribution in [3.63, 3.8) is 0 Å². The summed E-state index contributed by atoms with van der Waals surface area (Å²) in [6.07, 6.45) is 2.46. The summed E-state index contributed by atoms with van der Waals surface area (Å²) in [5.41, 5.74) is 0. The topological polar surface area (TPSA) is 21.3 Å². The number of rotatable bonds is 7. The molecule has 17 heavy (non-hydrogen) atoms. The number of nitrogens with one attached hydrogen (secondary N) is 1. The normalized spacial score (nSPS) is 15.2. The lowest BCUT2D eigenvalue weighted by molar-refractivity contribution is 0.0356. The van der Waals surface area contributed by atoms with Gasteiger partial charge >= 0.3 is 0 Å². The minimum Gasteiger partial charge on any atom is -0.380 e. The van der Waals surface area contributed by atoms with E-state index in [4.69, 9.17) is 4.74 Å². The summed E-state index contributed by atoms with van der Waals surface area (Å²) in [4.78, 5) is 2.91. The number of hydrogen-bond acceptors (Lipinski definition) is 3. The average molecular weight is 255 g/mol. The fourth-order valence-electron chi connectivity index (χ4n) is 2.22. The van der Waals surface area contributed by atoms with E-state index in [0.717, 1.165) is 12.8 Å². The number of ether oxygens (including phenoxy) is 1. The van der Waals surface area contributed by atoms with Gasteiger partial charge < -0.3 is 10.1 Å². The van der Waals surface area contributed by atoms with E-state index in [2.05, 4.69) is 38.2 Å². The molecule has 1 heterocycles. The van der Waals surface area contributed by atoms with Crippen molar-refractivity contribution in [2.24, 2.45) is 5.92 Å². The van der Waals surface area contributed by atoms with Crippen molar-refractivity contribution in [3.05, 3.63) is 21.9 Å². The quantitative estimate of drug-likeness (QED) is 0.808. The Morgan fingerprint density at radius 2 is 1.94 bits per heavy atom. The third-order valence-corrected chi connectivity index (χ3v) is 4.44. The van der Waals surface area contributed by atoms with E-state index in [-0.39, 0.29) is 6.10 Å². The summed E-state index contributed by atoms with van der Waals surface area (Å²) >= 11 is 1.92. The largest absolute Gasteiger partial charge is 0.380 e. The first-order valence-electron chi connectivity index (χ1n) is 6.40. The lowest BCUT2D eigenvalue weighted by Gasteiger charge is -2.28. The van der Waals surface area contributed by atoms with Gasteiger partial charge in [0.15, 0.2) is 0 Å². The van der Waals surface area contributed by atoms with E-state index in [1.54, 1.807) is 7.11 Å². The van der Waals surface area contributed by atoms with Gasteiger partial charge in [-0.25, -0.2) is 0 Å². The Kier molecular flexibility index (Phi) is 6.17. The van der Waals surface area contributed by atoms with Gasteiger partial charge in [-0.15, -0.1) is 11.3 Å². The number of methoxy groups -OCH3 is 1. The second-order valence-electron chi connectivity index (χ2n) is 4.77. The zero-order valence-electron chi connectivity index (χ0n) is 11.6. The van der Waals surface area contributed by atoms with Gasteiger partial charge in [-0.05, 0) is 37.9 Å². The van der Waals surface area contributed by atoms with Crippen LogP contribution in [0.4, 0.5) is 0 Å².